The molecule has 0 N–H and O–H groups in total. The van der Waals surface area contributed by atoms with Crippen LogP contribution in [0.2, 0.25) is 0 Å². The molecule has 4 rings (SSSR count). The minimum atomic E-state index is -2.92. The number of hydrogen-bond acceptors (Lipinski definition) is 6. The zero-order valence-electron chi connectivity index (χ0n) is 19.1. The van der Waals surface area contributed by atoms with Crippen molar-refractivity contribution in [1.29, 1.82) is 0 Å². The quantitative estimate of drug-likeness (QED) is 0.505. The standard InChI is InChI=1S/C24H29F2N3O4S/c1-2-32-20-14-17(5-8-19(20)33-24(25)26)15-29(18-6-7-18)16-22(30)27-9-11-28(12-10-27)23(31)21-4-3-13-34-21/h3-5,8,13-14,18,24H,2,6-7,9-12,15-16H2,1H3. The van der Waals surface area contributed by atoms with Crippen molar-refractivity contribution in [3.05, 3.63) is 46.2 Å². The topological polar surface area (TPSA) is 62.3 Å². The maximum atomic E-state index is 13.0. The second-order valence-electron chi connectivity index (χ2n) is 8.38. The Bertz CT molecular complexity index is 977. The van der Waals surface area contributed by atoms with E-state index >= 15 is 0 Å². The number of alkyl halides is 2. The molecule has 1 aliphatic heterocycles. The molecule has 0 bridgehead atoms. The number of rotatable bonds is 10. The smallest absolute Gasteiger partial charge is 0.387 e. The lowest BCUT2D eigenvalue weighted by atomic mass is 10.1. The summed E-state index contributed by atoms with van der Waals surface area (Å²) in [5.74, 6) is 0.336. The van der Waals surface area contributed by atoms with Crippen molar-refractivity contribution in [1.82, 2.24) is 14.7 Å². The Kier molecular flexibility index (Phi) is 7.99. The van der Waals surface area contributed by atoms with Gasteiger partial charge in [0.05, 0.1) is 18.0 Å². The monoisotopic (exact) mass is 493 g/mol. The first kappa shape index (κ1) is 24.4. The predicted octanol–water partition coefficient (Wildman–Crippen LogP) is 3.70. The Morgan fingerprint density at radius 3 is 2.47 bits per heavy atom. The van der Waals surface area contributed by atoms with Crippen LogP contribution < -0.4 is 9.47 Å². The number of piperazine rings is 1. The van der Waals surface area contributed by atoms with E-state index in [0.29, 0.717) is 45.4 Å². The van der Waals surface area contributed by atoms with Crippen molar-refractivity contribution in [3.63, 3.8) is 0 Å². The van der Waals surface area contributed by atoms with E-state index in [0.717, 1.165) is 23.3 Å². The molecule has 184 valence electrons. The molecule has 0 spiro atoms. The van der Waals surface area contributed by atoms with E-state index < -0.39 is 6.61 Å². The van der Waals surface area contributed by atoms with Crippen molar-refractivity contribution in [2.75, 3.05) is 39.3 Å². The summed E-state index contributed by atoms with van der Waals surface area (Å²) in [7, 11) is 0. The highest BCUT2D eigenvalue weighted by Crippen LogP contribution is 2.33. The van der Waals surface area contributed by atoms with Gasteiger partial charge in [-0.3, -0.25) is 14.5 Å². The maximum Gasteiger partial charge on any atom is 0.387 e. The van der Waals surface area contributed by atoms with Gasteiger partial charge in [-0.05, 0) is 48.9 Å². The fraction of sp³-hybridized carbons (Fsp3) is 0.500. The van der Waals surface area contributed by atoms with Crippen LogP contribution in [-0.4, -0.2) is 78.5 Å². The van der Waals surface area contributed by atoms with Crippen LogP contribution >= 0.6 is 11.3 Å². The molecule has 2 amide bonds. The Morgan fingerprint density at radius 2 is 1.85 bits per heavy atom. The minimum Gasteiger partial charge on any atom is -0.490 e. The van der Waals surface area contributed by atoms with E-state index in [-0.39, 0.29) is 29.9 Å². The molecule has 1 saturated carbocycles. The average Bonchev–Trinajstić information content (AvgIpc) is 3.53. The lowest BCUT2D eigenvalue weighted by Gasteiger charge is -2.35. The van der Waals surface area contributed by atoms with E-state index in [4.69, 9.17) is 4.74 Å². The van der Waals surface area contributed by atoms with E-state index in [1.54, 1.807) is 24.0 Å². The lowest BCUT2D eigenvalue weighted by molar-refractivity contribution is -0.134. The maximum absolute atomic E-state index is 13.0. The number of amides is 2. The van der Waals surface area contributed by atoms with Gasteiger partial charge < -0.3 is 19.3 Å². The minimum absolute atomic E-state index is 0.00427. The Morgan fingerprint density at radius 1 is 1.12 bits per heavy atom. The first-order valence-corrected chi connectivity index (χ1v) is 12.4. The number of thiophene rings is 1. The summed E-state index contributed by atoms with van der Waals surface area (Å²) in [6.45, 7) is 2.06. The summed E-state index contributed by atoms with van der Waals surface area (Å²) in [4.78, 5) is 32.0. The number of carbonyl (C=O) groups excluding carboxylic acids is 2. The fourth-order valence-corrected chi connectivity index (χ4v) is 4.78. The SMILES string of the molecule is CCOc1cc(CN(CC(=O)N2CCN(C(=O)c3cccs3)CC2)C2CC2)ccc1OC(F)F. The molecular formula is C24H29F2N3O4S. The Labute approximate surface area is 201 Å². The summed E-state index contributed by atoms with van der Waals surface area (Å²) in [6.07, 6.45) is 2.06. The van der Waals surface area contributed by atoms with Gasteiger partial charge in [-0.2, -0.15) is 8.78 Å². The van der Waals surface area contributed by atoms with Gasteiger partial charge in [-0.1, -0.05) is 12.1 Å². The van der Waals surface area contributed by atoms with Gasteiger partial charge >= 0.3 is 6.61 Å². The van der Waals surface area contributed by atoms with Crippen LogP contribution in [0.15, 0.2) is 35.7 Å². The first-order valence-electron chi connectivity index (χ1n) is 11.5. The van der Waals surface area contributed by atoms with Crippen LogP contribution in [0.4, 0.5) is 8.78 Å². The molecule has 0 unspecified atom stereocenters. The number of halogens is 2. The van der Waals surface area contributed by atoms with E-state index in [9.17, 15) is 18.4 Å². The highest BCUT2D eigenvalue weighted by atomic mass is 32.1. The summed E-state index contributed by atoms with van der Waals surface area (Å²) in [6, 6.07) is 8.94. The molecule has 1 saturated heterocycles. The summed E-state index contributed by atoms with van der Waals surface area (Å²) < 4.78 is 35.4. The van der Waals surface area contributed by atoms with Gasteiger partial charge in [0, 0.05) is 38.8 Å². The van der Waals surface area contributed by atoms with Gasteiger partial charge in [0.2, 0.25) is 5.91 Å². The molecular weight excluding hydrogens is 464 g/mol. The molecule has 2 aromatic rings. The van der Waals surface area contributed by atoms with Crippen molar-refractivity contribution in [3.8, 4) is 11.5 Å². The molecule has 1 aliphatic carbocycles. The van der Waals surface area contributed by atoms with Crippen molar-refractivity contribution < 1.29 is 27.8 Å². The molecule has 0 radical (unpaired) electrons. The predicted molar refractivity (Wildman–Crippen MR) is 124 cm³/mol. The van der Waals surface area contributed by atoms with Crippen LogP contribution in [0.3, 0.4) is 0 Å². The summed E-state index contributed by atoms with van der Waals surface area (Å²) in [5, 5.41) is 1.89. The summed E-state index contributed by atoms with van der Waals surface area (Å²) >= 11 is 1.43. The van der Waals surface area contributed by atoms with E-state index in [1.807, 2.05) is 22.4 Å². The molecule has 2 aliphatic rings. The molecule has 0 atom stereocenters. The molecule has 7 nitrogen and oxygen atoms in total. The largest absolute Gasteiger partial charge is 0.490 e. The van der Waals surface area contributed by atoms with Crippen LogP contribution in [-0.2, 0) is 11.3 Å². The highest BCUT2D eigenvalue weighted by molar-refractivity contribution is 7.12. The normalized spacial score (nSPS) is 16.3. The second-order valence-corrected chi connectivity index (χ2v) is 9.33. The molecule has 2 fully saturated rings. The summed E-state index contributed by atoms with van der Waals surface area (Å²) in [5.41, 5.74) is 0.871. The van der Waals surface area contributed by atoms with Crippen molar-refractivity contribution in [2.45, 2.75) is 39.0 Å². The van der Waals surface area contributed by atoms with Gasteiger partial charge in [-0.25, -0.2) is 0 Å². The van der Waals surface area contributed by atoms with Gasteiger partial charge in [0.25, 0.3) is 5.91 Å². The molecule has 34 heavy (non-hydrogen) atoms. The zero-order valence-corrected chi connectivity index (χ0v) is 19.9. The van der Waals surface area contributed by atoms with Crippen LogP contribution in [0.1, 0.15) is 35.0 Å². The number of carbonyl (C=O) groups is 2. The lowest BCUT2D eigenvalue weighted by Crippen LogP contribution is -2.52. The number of hydrogen-bond donors (Lipinski definition) is 0. The number of benzene rings is 1. The first-order chi connectivity index (χ1) is 16.4. The molecule has 10 heteroatoms. The van der Waals surface area contributed by atoms with Crippen LogP contribution in [0.5, 0.6) is 11.5 Å². The Balaban J connectivity index is 1.34. The van der Waals surface area contributed by atoms with E-state index in [1.165, 1.54) is 17.4 Å². The second kappa shape index (κ2) is 11.1. The van der Waals surface area contributed by atoms with E-state index in [2.05, 4.69) is 9.64 Å². The third-order valence-corrected chi connectivity index (χ3v) is 6.82. The van der Waals surface area contributed by atoms with Gasteiger partial charge in [0.1, 0.15) is 0 Å². The molecule has 1 aromatic heterocycles. The Hall–Kier alpha value is -2.72. The number of nitrogens with zero attached hydrogens (tertiary/aromatic N) is 3. The zero-order chi connectivity index (χ0) is 24.1. The van der Waals surface area contributed by atoms with Gasteiger partial charge in [0.15, 0.2) is 11.5 Å². The third kappa shape index (κ3) is 6.24. The fourth-order valence-electron chi connectivity index (χ4n) is 4.09. The average molecular weight is 494 g/mol. The highest BCUT2D eigenvalue weighted by Gasteiger charge is 2.33. The third-order valence-electron chi connectivity index (χ3n) is 5.96. The number of ether oxygens (including phenoxy) is 2. The van der Waals surface area contributed by atoms with Crippen molar-refractivity contribution >= 4 is 23.2 Å². The van der Waals surface area contributed by atoms with Crippen molar-refractivity contribution in [2.24, 2.45) is 0 Å². The molecule has 2 heterocycles. The molecule has 1 aromatic carbocycles. The van der Waals surface area contributed by atoms with Crippen LogP contribution in [0, 0.1) is 0 Å². The van der Waals surface area contributed by atoms with Crippen LogP contribution in [0.25, 0.3) is 0 Å². The van der Waals surface area contributed by atoms with Gasteiger partial charge in [-0.15, -0.1) is 11.3 Å².